The summed E-state index contributed by atoms with van der Waals surface area (Å²) in [5, 5.41) is 16.8. The molecule has 0 saturated heterocycles. The summed E-state index contributed by atoms with van der Waals surface area (Å²) in [7, 11) is 1.79. The van der Waals surface area contributed by atoms with E-state index in [1.54, 1.807) is 7.05 Å². The third kappa shape index (κ3) is 2.33. The second-order valence-electron chi connectivity index (χ2n) is 4.44. The second-order valence-corrected chi connectivity index (χ2v) is 4.44. The minimum Gasteiger partial charge on any atom is -0.387 e. The van der Waals surface area contributed by atoms with E-state index in [0.29, 0.717) is 13.0 Å². The molecule has 1 heterocycles. The Balaban J connectivity index is 2.51. The van der Waals surface area contributed by atoms with Crippen LogP contribution in [-0.4, -0.2) is 24.4 Å². The lowest BCUT2D eigenvalue weighted by Crippen LogP contribution is -2.47. The Kier molecular flexibility index (Phi) is 3.84. The lowest BCUT2D eigenvalue weighted by Gasteiger charge is -2.33. The molecule has 3 nitrogen and oxygen atoms in total. The normalized spacial score (nSPS) is 18.4. The summed E-state index contributed by atoms with van der Waals surface area (Å²) in [5.41, 5.74) is 2.25. The monoisotopic (exact) mass is 244 g/mol. The van der Waals surface area contributed by atoms with Crippen molar-refractivity contribution >= 4 is 5.57 Å². The van der Waals surface area contributed by atoms with E-state index in [9.17, 15) is 5.11 Å². The van der Waals surface area contributed by atoms with E-state index in [0.717, 1.165) is 16.7 Å². The van der Waals surface area contributed by atoms with Crippen LogP contribution in [0.25, 0.3) is 5.57 Å². The molecule has 0 amide bonds. The average molecular weight is 244 g/mol. The molecule has 1 aliphatic heterocycles. The van der Waals surface area contributed by atoms with Crippen molar-refractivity contribution in [3.8, 4) is 0 Å². The highest BCUT2D eigenvalue weighted by atomic mass is 16.3. The van der Waals surface area contributed by atoms with Gasteiger partial charge in [-0.05, 0) is 36.9 Å². The van der Waals surface area contributed by atoms with Gasteiger partial charge in [0.2, 0.25) is 0 Å². The molecule has 0 radical (unpaired) electrons. The summed E-state index contributed by atoms with van der Waals surface area (Å²) in [6.45, 7) is 2.64. The fourth-order valence-corrected chi connectivity index (χ4v) is 2.30. The van der Waals surface area contributed by atoms with E-state index in [2.05, 4.69) is 22.8 Å². The highest BCUT2D eigenvalue weighted by molar-refractivity contribution is 5.79. The maximum Gasteiger partial charge on any atom is 0.140 e. The van der Waals surface area contributed by atoms with Crippen molar-refractivity contribution in [1.29, 1.82) is 0 Å². The van der Waals surface area contributed by atoms with Gasteiger partial charge >= 0.3 is 0 Å². The molecule has 1 atom stereocenters. The first-order valence-electron chi connectivity index (χ1n) is 6.31. The summed E-state index contributed by atoms with van der Waals surface area (Å²) in [6, 6.07) is 10.2. The first kappa shape index (κ1) is 12.9. The number of rotatable bonds is 4. The lowest BCUT2D eigenvalue weighted by molar-refractivity contribution is 0.0451. The van der Waals surface area contributed by atoms with E-state index in [-0.39, 0.29) is 0 Å². The van der Waals surface area contributed by atoms with Crippen molar-refractivity contribution in [2.24, 2.45) is 0 Å². The summed E-state index contributed by atoms with van der Waals surface area (Å²) < 4.78 is 0. The minimum atomic E-state index is -0.955. The summed E-state index contributed by atoms with van der Waals surface area (Å²) in [5.74, 6) is 0. The number of aliphatic hydroxyl groups is 1. The number of hydrogen-bond donors (Lipinski definition) is 3. The number of allylic oxidation sites excluding steroid dienone is 2. The fourth-order valence-electron chi connectivity index (χ4n) is 2.30. The Morgan fingerprint density at radius 3 is 2.67 bits per heavy atom. The van der Waals surface area contributed by atoms with Gasteiger partial charge in [0, 0.05) is 12.1 Å². The Morgan fingerprint density at radius 2 is 2.06 bits per heavy atom. The Bertz CT molecular complexity index is 459. The van der Waals surface area contributed by atoms with E-state index >= 15 is 0 Å². The summed E-state index contributed by atoms with van der Waals surface area (Å²) >= 11 is 0. The number of likely N-dealkylation sites (N-methyl/N-ethyl adjacent to an activating group) is 1. The lowest BCUT2D eigenvalue weighted by atomic mass is 9.89. The molecule has 1 aromatic carbocycles. The molecule has 0 bridgehead atoms. The smallest absolute Gasteiger partial charge is 0.140 e. The van der Waals surface area contributed by atoms with Gasteiger partial charge in [0.05, 0.1) is 0 Å². The van der Waals surface area contributed by atoms with Crippen LogP contribution in [0.3, 0.4) is 0 Å². The van der Waals surface area contributed by atoms with Gasteiger partial charge in [-0.25, -0.2) is 0 Å². The van der Waals surface area contributed by atoms with Crippen LogP contribution in [0.15, 0.2) is 48.2 Å². The van der Waals surface area contributed by atoms with E-state index in [4.69, 9.17) is 0 Å². The van der Waals surface area contributed by atoms with Crippen molar-refractivity contribution in [3.63, 3.8) is 0 Å². The molecule has 1 unspecified atom stereocenters. The van der Waals surface area contributed by atoms with Gasteiger partial charge in [-0.3, -0.25) is 5.32 Å². The largest absolute Gasteiger partial charge is 0.387 e. The quantitative estimate of drug-likeness (QED) is 0.709. The van der Waals surface area contributed by atoms with E-state index < -0.39 is 5.72 Å². The zero-order valence-corrected chi connectivity index (χ0v) is 10.9. The third-order valence-electron chi connectivity index (χ3n) is 3.48. The fraction of sp³-hybridized carbons (Fsp3) is 0.333. The van der Waals surface area contributed by atoms with Crippen LogP contribution in [0, 0.1) is 0 Å². The van der Waals surface area contributed by atoms with Gasteiger partial charge in [0.15, 0.2) is 0 Å². The third-order valence-corrected chi connectivity index (χ3v) is 3.48. The maximum absolute atomic E-state index is 10.6. The molecular weight excluding hydrogens is 224 g/mol. The standard InChI is InChI=1S/C15H20N2O/c1-3-15(18,16-2)14-11-17-10-9-13(14)12-7-5-4-6-8-12/h4-10,16-18H,3,11H2,1-2H3. The van der Waals surface area contributed by atoms with Gasteiger partial charge in [0.25, 0.3) is 0 Å². The van der Waals surface area contributed by atoms with Crippen molar-refractivity contribution in [2.45, 2.75) is 19.1 Å². The average Bonchev–Trinajstić information content (AvgIpc) is 2.47. The molecule has 0 aliphatic carbocycles. The molecule has 2 rings (SSSR count). The summed E-state index contributed by atoms with van der Waals surface area (Å²) in [6.07, 6.45) is 4.58. The van der Waals surface area contributed by atoms with Crippen molar-refractivity contribution < 1.29 is 5.11 Å². The molecular formula is C15H20N2O. The molecule has 0 spiro atoms. The SMILES string of the molecule is CCC(O)(NC)C1=C(c2ccccc2)C=CNC1. The summed E-state index contributed by atoms with van der Waals surface area (Å²) in [4.78, 5) is 0. The molecule has 3 heteroatoms. The van der Waals surface area contributed by atoms with Crippen LogP contribution < -0.4 is 10.6 Å². The Hall–Kier alpha value is -1.58. The van der Waals surface area contributed by atoms with Gasteiger partial charge < -0.3 is 10.4 Å². The van der Waals surface area contributed by atoms with Crippen LogP contribution in [-0.2, 0) is 0 Å². The first-order valence-corrected chi connectivity index (χ1v) is 6.31. The highest BCUT2D eigenvalue weighted by Crippen LogP contribution is 2.29. The number of hydrogen-bond acceptors (Lipinski definition) is 3. The van der Waals surface area contributed by atoms with Gasteiger partial charge in [-0.1, -0.05) is 37.3 Å². The van der Waals surface area contributed by atoms with Crippen LogP contribution in [0.4, 0.5) is 0 Å². The van der Waals surface area contributed by atoms with Crippen molar-refractivity contribution in [2.75, 3.05) is 13.6 Å². The molecule has 0 aromatic heterocycles. The van der Waals surface area contributed by atoms with Crippen LogP contribution in [0.1, 0.15) is 18.9 Å². The molecule has 1 aliphatic rings. The van der Waals surface area contributed by atoms with Crippen molar-refractivity contribution in [3.05, 3.63) is 53.7 Å². The molecule has 1 aromatic rings. The van der Waals surface area contributed by atoms with Gasteiger partial charge in [-0.15, -0.1) is 0 Å². The first-order chi connectivity index (χ1) is 8.71. The van der Waals surface area contributed by atoms with Crippen molar-refractivity contribution in [1.82, 2.24) is 10.6 Å². The van der Waals surface area contributed by atoms with Gasteiger partial charge in [0.1, 0.15) is 5.72 Å². The maximum atomic E-state index is 10.6. The second kappa shape index (κ2) is 5.38. The Labute approximate surface area is 108 Å². The predicted molar refractivity (Wildman–Crippen MR) is 74.8 cm³/mol. The predicted octanol–water partition coefficient (Wildman–Crippen LogP) is 1.88. The van der Waals surface area contributed by atoms with Crippen LogP contribution >= 0.6 is 0 Å². The van der Waals surface area contributed by atoms with Crippen LogP contribution in [0.5, 0.6) is 0 Å². The molecule has 0 saturated carbocycles. The molecule has 3 N–H and O–H groups in total. The highest BCUT2D eigenvalue weighted by Gasteiger charge is 2.30. The number of nitrogens with one attached hydrogen (secondary N) is 2. The van der Waals surface area contributed by atoms with E-state index in [1.165, 1.54) is 0 Å². The molecule has 96 valence electrons. The Morgan fingerprint density at radius 1 is 1.33 bits per heavy atom. The molecule has 0 fully saturated rings. The van der Waals surface area contributed by atoms with Gasteiger partial charge in [-0.2, -0.15) is 0 Å². The topological polar surface area (TPSA) is 44.3 Å². The number of benzene rings is 1. The van der Waals surface area contributed by atoms with E-state index in [1.807, 2.05) is 37.4 Å². The molecule has 18 heavy (non-hydrogen) atoms. The number of dihydropyridines is 1. The zero-order valence-electron chi connectivity index (χ0n) is 10.9. The minimum absolute atomic E-state index is 0.630. The zero-order chi connectivity index (χ0) is 13.0. The van der Waals surface area contributed by atoms with Crippen LogP contribution in [0.2, 0.25) is 0 Å².